The van der Waals surface area contributed by atoms with Crippen molar-refractivity contribution >= 4 is 23.0 Å². The zero-order valence-electron chi connectivity index (χ0n) is 11.0. The monoisotopic (exact) mass is 272 g/mol. The third kappa shape index (κ3) is 2.28. The number of aryl methyl sites for hydroxylation is 1. The van der Waals surface area contributed by atoms with E-state index in [-0.39, 0.29) is 0 Å². The van der Waals surface area contributed by atoms with Crippen LogP contribution in [0.2, 0.25) is 5.02 Å². The Bertz CT molecular complexity index is 622. The van der Waals surface area contributed by atoms with Crippen LogP contribution in [0.25, 0.3) is 0 Å². The Morgan fingerprint density at radius 3 is 2.89 bits per heavy atom. The van der Waals surface area contributed by atoms with E-state index in [1.54, 1.807) is 0 Å². The molecule has 0 saturated carbocycles. The first-order valence-corrected chi connectivity index (χ1v) is 6.90. The molecule has 0 aromatic heterocycles. The molecular weight excluding hydrogens is 256 g/mol. The van der Waals surface area contributed by atoms with Crippen LogP contribution in [-0.4, -0.2) is 6.54 Å². The minimum absolute atomic E-state index is 0.843. The van der Waals surface area contributed by atoms with Crippen molar-refractivity contribution in [2.24, 2.45) is 0 Å². The van der Waals surface area contributed by atoms with Gasteiger partial charge < -0.3 is 10.6 Å². The standard InChI is InChI=1S/C16H17ClN2/c1-11-5-6-12(14(17)9-11)10-19-8-7-13-15(18)3-2-4-16(13)19/h2-6,9H,7-8,10,18H2,1H3. The van der Waals surface area contributed by atoms with Crippen molar-refractivity contribution < 1.29 is 0 Å². The van der Waals surface area contributed by atoms with Gasteiger partial charge in [0, 0.05) is 35.1 Å². The number of benzene rings is 2. The maximum absolute atomic E-state index is 6.31. The van der Waals surface area contributed by atoms with Crippen molar-refractivity contribution in [3.8, 4) is 0 Å². The van der Waals surface area contributed by atoms with Gasteiger partial charge in [-0.05, 0) is 42.7 Å². The highest BCUT2D eigenvalue weighted by Gasteiger charge is 2.21. The van der Waals surface area contributed by atoms with Crippen LogP contribution in [0, 0.1) is 6.92 Å². The molecule has 0 radical (unpaired) electrons. The number of fused-ring (bicyclic) bond motifs is 1. The number of anilines is 2. The topological polar surface area (TPSA) is 29.3 Å². The summed E-state index contributed by atoms with van der Waals surface area (Å²) in [5.74, 6) is 0. The molecule has 0 spiro atoms. The Morgan fingerprint density at radius 1 is 1.26 bits per heavy atom. The van der Waals surface area contributed by atoms with Crippen LogP contribution in [-0.2, 0) is 13.0 Å². The van der Waals surface area contributed by atoms with Crippen molar-refractivity contribution in [1.29, 1.82) is 0 Å². The lowest BCUT2D eigenvalue weighted by Crippen LogP contribution is -2.19. The van der Waals surface area contributed by atoms with E-state index in [1.807, 2.05) is 18.2 Å². The molecule has 1 heterocycles. The average molecular weight is 273 g/mol. The minimum atomic E-state index is 0.843. The fourth-order valence-electron chi connectivity index (χ4n) is 2.68. The van der Waals surface area contributed by atoms with Crippen LogP contribution in [0.1, 0.15) is 16.7 Å². The molecule has 2 nitrogen and oxygen atoms in total. The lowest BCUT2D eigenvalue weighted by atomic mass is 10.1. The summed E-state index contributed by atoms with van der Waals surface area (Å²) in [6.07, 6.45) is 1.02. The average Bonchev–Trinajstić information content (AvgIpc) is 2.78. The Balaban J connectivity index is 1.89. The van der Waals surface area contributed by atoms with E-state index in [0.717, 1.165) is 30.2 Å². The third-order valence-electron chi connectivity index (χ3n) is 3.73. The first-order valence-electron chi connectivity index (χ1n) is 6.52. The van der Waals surface area contributed by atoms with Gasteiger partial charge in [0.05, 0.1) is 0 Å². The van der Waals surface area contributed by atoms with E-state index in [4.69, 9.17) is 17.3 Å². The quantitative estimate of drug-likeness (QED) is 0.843. The van der Waals surface area contributed by atoms with Crippen LogP contribution in [0.5, 0.6) is 0 Å². The molecule has 2 aromatic rings. The van der Waals surface area contributed by atoms with Gasteiger partial charge in [-0.2, -0.15) is 0 Å². The molecule has 98 valence electrons. The predicted molar refractivity (Wildman–Crippen MR) is 81.8 cm³/mol. The second kappa shape index (κ2) is 4.78. The highest BCUT2D eigenvalue weighted by atomic mass is 35.5. The molecule has 1 aliphatic heterocycles. The molecule has 0 aliphatic carbocycles. The van der Waals surface area contributed by atoms with Gasteiger partial charge >= 0.3 is 0 Å². The van der Waals surface area contributed by atoms with Crippen molar-refractivity contribution in [3.63, 3.8) is 0 Å². The SMILES string of the molecule is Cc1ccc(CN2CCc3c(N)cccc32)c(Cl)c1. The summed E-state index contributed by atoms with van der Waals surface area (Å²) in [5.41, 5.74) is 11.8. The molecule has 0 bridgehead atoms. The van der Waals surface area contributed by atoms with Crippen molar-refractivity contribution in [2.75, 3.05) is 17.2 Å². The highest BCUT2D eigenvalue weighted by molar-refractivity contribution is 6.31. The van der Waals surface area contributed by atoms with E-state index in [0.29, 0.717) is 0 Å². The second-order valence-corrected chi connectivity index (χ2v) is 5.52. The van der Waals surface area contributed by atoms with Crippen LogP contribution >= 0.6 is 11.6 Å². The molecule has 2 aromatic carbocycles. The largest absolute Gasteiger partial charge is 0.398 e. The molecule has 0 amide bonds. The summed E-state index contributed by atoms with van der Waals surface area (Å²) in [7, 11) is 0. The maximum atomic E-state index is 6.31. The number of hydrogen-bond acceptors (Lipinski definition) is 2. The van der Waals surface area contributed by atoms with Gasteiger partial charge in [-0.1, -0.05) is 29.8 Å². The zero-order chi connectivity index (χ0) is 13.4. The predicted octanol–water partition coefficient (Wildman–Crippen LogP) is 3.79. The van der Waals surface area contributed by atoms with E-state index in [9.17, 15) is 0 Å². The summed E-state index contributed by atoms with van der Waals surface area (Å²) in [5, 5.41) is 0.845. The van der Waals surface area contributed by atoms with E-state index in [2.05, 4.69) is 30.0 Å². The third-order valence-corrected chi connectivity index (χ3v) is 4.08. The van der Waals surface area contributed by atoms with Gasteiger partial charge in [-0.15, -0.1) is 0 Å². The van der Waals surface area contributed by atoms with E-state index < -0.39 is 0 Å². The van der Waals surface area contributed by atoms with Gasteiger partial charge in [0.15, 0.2) is 0 Å². The summed E-state index contributed by atoms with van der Waals surface area (Å²) >= 11 is 6.31. The van der Waals surface area contributed by atoms with E-state index in [1.165, 1.54) is 22.4 Å². The summed E-state index contributed by atoms with van der Waals surface area (Å²) in [4.78, 5) is 2.35. The molecule has 0 saturated heterocycles. The zero-order valence-corrected chi connectivity index (χ0v) is 11.7. The molecule has 3 rings (SSSR count). The fourth-order valence-corrected chi connectivity index (χ4v) is 2.97. The maximum Gasteiger partial charge on any atom is 0.0458 e. The molecule has 3 heteroatoms. The Morgan fingerprint density at radius 2 is 2.11 bits per heavy atom. The molecule has 0 unspecified atom stereocenters. The Hall–Kier alpha value is -1.67. The first kappa shape index (κ1) is 12.4. The molecule has 1 aliphatic rings. The molecule has 0 fully saturated rings. The minimum Gasteiger partial charge on any atom is -0.398 e. The van der Waals surface area contributed by atoms with Crippen molar-refractivity contribution in [2.45, 2.75) is 19.9 Å². The smallest absolute Gasteiger partial charge is 0.0458 e. The van der Waals surface area contributed by atoms with Crippen LogP contribution in [0.3, 0.4) is 0 Å². The van der Waals surface area contributed by atoms with Crippen LogP contribution in [0.15, 0.2) is 36.4 Å². The van der Waals surface area contributed by atoms with Gasteiger partial charge in [-0.25, -0.2) is 0 Å². The number of rotatable bonds is 2. The van der Waals surface area contributed by atoms with Crippen LogP contribution in [0.4, 0.5) is 11.4 Å². The van der Waals surface area contributed by atoms with Crippen LogP contribution < -0.4 is 10.6 Å². The van der Waals surface area contributed by atoms with Gasteiger partial charge in [0.2, 0.25) is 0 Å². The molecule has 19 heavy (non-hydrogen) atoms. The summed E-state index contributed by atoms with van der Waals surface area (Å²) in [6, 6.07) is 12.4. The summed E-state index contributed by atoms with van der Waals surface area (Å²) in [6.45, 7) is 3.91. The second-order valence-electron chi connectivity index (χ2n) is 5.11. The number of halogens is 1. The first-order chi connectivity index (χ1) is 9.15. The number of hydrogen-bond donors (Lipinski definition) is 1. The number of nitrogen functional groups attached to an aromatic ring is 1. The van der Waals surface area contributed by atoms with Crippen molar-refractivity contribution in [1.82, 2.24) is 0 Å². The lowest BCUT2D eigenvalue weighted by Gasteiger charge is -2.20. The molecule has 2 N–H and O–H groups in total. The molecular formula is C16H17ClN2. The Kier molecular flexibility index (Phi) is 3.11. The Labute approximate surface area is 118 Å². The van der Waals surface area contributed by atoms with E-state index >= 15 is 0 Å². The molecule has 0 atom stereocenters. The lowest BCUT2D eigenvalue weighted by molar-refractivity contribution is 0.836. The van der Waals surface area contributed by atoms with Gasteiger partial charge in [0.25, 0.3) is 0 Å². The van der Waals surface area contributed by atoms with Gasteiger partial charge in [0.1, 0.15) is 0 Å². The van der Waals surface area contributed by atoms with Crippen molar-refractivity contribution in [3.05, 3.63) is 58.1 Å². The number of nitrogens with zero attached hydrogens (tertiary/aromatic N) is 1. The summed E-state index contributed by atoms with van der Waals surface area (Å²) < 4.78 is 0. The fraction of sp³-hybridized carbons (Fsp3) is 0.250. The highest BCUT2D eigenvalue weighted by Crippen LogP contribution is 2.33. The normalized spacial score (nSPS) is 13.7. The van der Waals surface area contributed by atoms with Gasteiger partial charge in [-0.3, -0.25) is 0 Å². The number of nitrogens with two attached hydrogens (primary N) is 1.